The summed E-state index contributed by atoms with van der Waals surface area (Å²) in [5.74, 6) is -0.620. The quantitative estimate of drug-likeness (QED) is 0.561. The maximum absolute atomic E-state index is 12.0. The number of para-hydroxylation sites is 1. The first kappa shape index (κ1) is 19.5. The van der Waals surface area contributed by atoms with Gasteiger partial charge in [0.05, 0.1) is 0 Å². The molecule has 0 heterocycles. The van der Waals surface area contributed by atoms with Crippen LogP contribution in [0.4, 0.5) is 0 Å². The first-order valence-corrected chi connectivity index (χ1v) is 8.39. The summed E-state index contributed by atoms with van der Waals surface area (Å²) >= 11 is 0. The molecule has 1 amide bonds. The molecule has 7 nitrogen and oxygen atoms in total. The van der Waals surface area contributed by atoms with Crippen LogP contribution in [0, 0.1) is 5.41 Å². The zero-order chi connectivity index (χ0) is 17.0. The maximum atomic E-state index is 12.0. The normalized spacial score (nSPS) is 10.4. The summed E-state index contributed by atoms with van der Waals surface area (Å²) in [4.78, 5) is 11.7. The Kier molecular flexibility index (Phi) is 6.33. The van der Waals surface area contributed by atoms with Crippen LogP contribution in [0.5, 0.6) is 11.5 Å². The zero-order valence-corrected chi connectivity index (χ0v) is 14.3. The zero-order valence-electron chi connectivity index (χ0n) is 12.6. The predicted octanol–water partition coefficient (Wildman–Crippen LogP) is 1.93. The predicted molar refractivity (Wildman–Crippen MR) is 92.7 cm³/mol. The maximum Gasteiger partial charge on any atom is 0.257 e. The van der Waals surface area contributed by atoms with Gasteiger partial charge in [0.15, 0.2) is 15.8 Å². The molecule has 0 aliphatic carbocycles. The van der Waals surface area contributed by atoms with Crippen molar-refractivity contribution in [3.8, 4) is 11.5 Å². The van der Waals surface area contributed by atoms with Gasteiger partial charge in [0.25, 0.3) is 5.91 Å². The fourth-order valence-electron chi connectivity index (χ4n) is 1.83. The van der Waals surface area contributed by atoms with Crippen molar-refractivity contribution in [2.75, 3.05) is 6.26 Å². The Morgan fingerprint density at radius 2 is 1.79 bits per heavy atom. The molecule has 0 atom stereocenters. The number of halogens is 1. The number of nitrogens with two attached hydrogens (primary N) is 1. The van der Waals surface area contributed by atoms with E-state index in [0.29, 0.717) is 5.75 Å². The highest BCUT2D eigenvalue weighted by Crippen LogP contribution is 2.29. The Morgan fingerprint density at radius 3 is 2.33 bits per heavy atom. The lowest BCUT2D eigenvalue weighted by atomic mass is 10.2. The standard InChI is InChI=1S/C15H15N3O4S.ClH/c1-23(20,21)13-9-10(14(19)18-15(16)17)7-8-12(13)22-11-5-3-2-4-6-11;/h2-9H,1H3,(H4,16,17,18,19);1H. The van der Waals surface area contributed by atoms with E-state index in [0.717, 1.165) is 6.26 Å². The fraction of sp³-hybridized carbons (Fsp3) is 0.0667. The van der Waals surface area contributed by atoms with E-state index in [1.807, 2.05) is 0 Å². The SMILES string of the molecule is CS(=O)(=O)c1cc(C(=O)NC(=N)N)ccc1Oc1ccccc1.Cl. The third-order valence-electron chi connectivity index (χ3n) is 2.82. The Balaban J connectivity index is 0.00000288. The van der Waals surface area contributed by atoms with Crippen molar-refractivity contribution in [1.82, 2.24) is 5.32 Å². The summed E-state index contributed by atoms with van der Waals surface area (Å²) < 4.78 is 29.5. The molecule has 0 fully saturated rings. The van der Waals surface area contributed by atoms with Gasteiger partial charge in [0, 0.05) is 11.8 Å². The number of hydrogen-bond donors (Lipinski definition) is 3. The van der Waals surface area contributed by atoms with Crippen LogP contribution in [0.1, 0.15) is 10.4 Å². The number of sulfone groups is 1. The molecule has 9 heteroatoms. The van der Waals surface area contributed by atoms with Gasteiger partial charge >= 0.3 is 0 Å². The van der Waals surface area contributed by atoms with Gasteiger partial charge in [-0.3, -0.25) is 15.5 Å². The number of carbonyl (C=O) groups is 1. The van der Waals surface area contributed by atoms with E-state index in [-0.39, 0.29) is 28.6 Å². The van der Waals surface area contributed by atoms with Crippen LogP contribution >= 0.6 is 12.4 Å². The van der Waals surface area contributed by atoms with Crippen molar-refractivity contribution in [2.45, 2.75) is 4.90 Å². The third-order valence-corrected chi connectivity index (χ3v) is 3.94. The largest absolute Gasteiger partial charge is 0.456 e. The van der Waals surface area contributed by atoms with Gasteiger partial charge in [-0.15, -0.1) is 12.4 Å². The third kappa shape index (κ3) is 4.97. The summed E-state index contributed by atoms with van der Waals surface area (Å²) in [6.45, 7) is 0. The Morgan fingerprint density at radius 1 is 1.17 bits per heavy atom. The van der Waals surface area contributed by atoms with E-state index in [9.17, 15) is 13.2 Å². The van der Waals surface area contributed by atoms with Crippen molar-refractivity contribution in [3.63, 3.8) is 0 Å². The van der Waals surface area contributed by atoms with Gasteiger partial charge in [-0.2, -0.15) is 0 Å². The summed E-state index contributed by atoms with van der Waals surface area (Å²) in [5.41, 5.74) is 5.15. The Bertz CT molecular complexity index is 854. The van der Waals surface area contributed by atoms with Crippen molar-refractivity contribution < 1.29 is 17.9 Å². The molecular weight excluding hydrogens is 354 g/mol. The molecule has 2 aromatic rings. The fourth-order valence-corrected chi connectivity index (χ4v) is 2.65. The molecule has 0 radical (unpaired) electrons. The second-order valence-corrected chi connectivity index (χ2v) is 6.70. The van der Waals surface area contributed by atoms with Crippen LogP contribution in [0.2, 0.25) is 0 Å². The van der Waals surface area contributed by atoms with Crippen molar-refractivity contribution in [1.29, 1.82) is 5.41 Å². The van der Waals surface area contributed by atoms with Gasteiger partial charge in [-0.05, 0) is 30.3 Å². The molecule has 0 aliphatic heterocycles. The molecular formula is C15H16ClN3O4S. The first-order valence-electron chi connectivity index (χ1n) is 6.50. The molecule has 0 spiro atoms. The summed E-state index contributed by atoms with van der Waals surface area (Å²) in [6.07, 6.45) is 1.02. The molecule has 0 aromatic heterocycles. The highest BCUT2D eigenvalue weighted by molar-refractivity contribution is 7.90. The number of rotatable bonds is 4. The van der Waals surface area contributed by atoms with Crippen molar-refractivity contribution >= 4 is 34.1 Å². The van der Waals surface area contributed by atoms with E-state index < -0.39 is 21.7 Å². The van der Waals surface area contributed by atoms with Gasteiger partial charge in [-0.25, -0.2) is 8.42 Å². The van der Waals surface area contributed by atoms with E-state index >= 15 is 0 Å². The summed E-state index contributed by atoms with van der Waals surface area (Å²) in [7, 11) is -3.63. The summed E-state index contributed by atoms with van der Waals surface area (Å²) in [6, 6.07) is 12.6. The highest BCUT2D eigenvalue weighted by Gasteiger charge is 2.18. The second kappa shape index (κ2) is 7.80. The first-order chi connectivity index (χ1) is 10.8. The number of hydrogen-bond acceptors (Lipinski definition) is 5. The van der Waals surface area contributed by atoms with Gasteiger partial charge in [0.2, 0.25) is 0 Å². The number of ether oxygens (including phenoxy) is 1. The average Bonchev–Trinajstić information content (AvgIpc) is 2.46. The Labute approximate surface area is 145 Å². The second-order valence-electron chi connectivity index (χ2n) is 4.72. The molecule has 2 rings (SSSR count). The number of nitrogens with one attached hydrogen (secondary N) is 2. The smallest absolute Gasteiger partial charge is 0.257 e. The minimum atomic E-state index is -3.63. The van der Waals surface area contributed by atoms with Crippen LogP contribution in [0.15, 0.2) is 53.4 Å². The Hall–Kier alpha value is -2.58. The lowest BCUT2D eigenvalue weighted by molar-refractivity contribution is 0.0976. The van der Waals surface area contributed by atoms with Crippen LogP contribution in [0.3, 0.4) is 0 Å². The van der Waals surface area contributed by atoms with E-state index in [4.69, 9.17) is 15.9 Å². The average molecular weight is 370 g/mol. The molecule has 0 saturated heterocycles. The lowest BCUT2D eigenvalue weighted by Crippen LogP contribution is -2.35. The molecule has 0 aliphatic rings. The van der Waals surface area contributed by atoms with Crippen LogP contribution in [0.25, 0.3) is 0 Å². The van der Waals surface area contributed by atoms with Gasteiger partial charge in [-0.1, -0.05) is 18.2 Å². The lowest BCUT2D eigenvalue weighted by Gasteiger charge is -2.11. The monoisotopic (exact) mass is 369 g/mol. The van der Waals surface area contributed by atoms with Crippen molar-refractivity contribution in [3.05, 3.63) is 54.1 Å². The molecule has 128 valence electrons. The highest BCUT2D eigenvalue weighted by atomic mass is 35.5. The molecule has 4 N–H and O–H groups in total. The molecule has 0 saturated carbocycles. The van der Waals surface area contributed by atoms with Gasteiger partial charge in [0.1, 0.15) is 16.4 Å². The van der Waals surface area contributed by atoms with Gasteiger partial charge < -0.3 is 10.5 Å². The number of amides is 1. The minimum Gasteiger partial charge on any atom is -0.456 e. The number of benzene rings is 2. The van der Waals surface area contributed by atoms with E-state index in [1.54, 1.807) is 30.3 Å². The van der Waals surface area contributed by atoms with Crippen LogP contribution in [-0.4, -0.2) is 26.5 Å². The molecule has 0 bridgehead atoms. The topological polar surface area (TPSA) is 122 Å². The van der Waals surface area contributed by atoms with Crippen LogP contribution < -0.4 is 15.8 Å². The van der Waals surface area contributed by atoms with E-state index in [1.165, 1.54) is 18.2 Å². The van der Waals surface area contributed by atoms with Crippen LogP contribution in [-0.2, 0) is 9.84 Å². The molecule has 2 aromatic carbocycles. The molecule has 24 heavy (non-hydrogen) atoms. The number of carbonyl (C=O) groups excluding carboxylic acids is 1. The number of guanidine groups is 1. The summed E-state index contributed by atoms with van der Waals surface area (Å²) in [5, 5.41) is 9.14. The van der Waals surface area contributed by atoms with Crippen molar-refractivity contribution in [2.24, 2.45) is 5.73 Å². The van der Waals surface area contributed by atoms with E-state index in [2.05, 4.69) is 5.32 Å². The minimum absolute atomic E-state index is 0. The molecule has 0 unspecified atom stereocenters.